The lowest BCUT2D eigenvalue weighted by Gasteiger charge is -2.38. The summed E-state index contributed by atoms with van der Waals surface area (Å²) >= 11 is 0. The minimum absolute atomic E-state index is 0.0354. The summed E-state index contributed by atoms with van der Waals surface area (Å²) in [5.74, 6) is 2.02. The van der Waals surface area contributed by atoms with E-state index < -0.39 is 11.7 Å². The summed E-state index contributed by atoms with van der Waals surface area (Å²) in [4.78, 5) is 38.1. The Kier molecular flexibility index (Phi) is 7.12. The molecule has 6 rings (SSSR count). The number of aryl methyl sites for hydroxylation is 1. The first kappa shape index (κ1) is 27.4. The molecule has 2 atom stereocenters. The quantitative estimate of drug-likeness (QED) is 0.340. The predicted octanol–water partition coefficient (Wildman–Crippen LogP) is 2.56. The van der Waals surface area contributed by atoms with E-state index in [2.05, 4.69) is 43.4 Å². The van der Waals surface area contributed by atoms with Crippen LogP contribution in [0, 0.1) is 24.1 Å². The normalized spacial score (nSPS) is 19.0. The number of benzene rings is 2. The summed E-state index contributed by atoms with van der Waals surface area (Å²) in [6.07, 6.45) is 9.08. The molecular weight excluding hydrogens is 539 g/mol. The molecule has 2 aromatic carbocycles. The highest BCUT2D eigenvalue weighted by Crippen LogP contribution is 2.32. The maximum Gasteiger partial charge on any atom is 0.316 e. The van der Waals surface area contributed by atoms with Crippen molar-refractivity contribution in [2.45, 2.75) is 25.9 Å². The first-order chi connectivity index (χ1) is 20.2. The summed E-state index contributed by atoms with van der Waals surface area (Å²) in [5, 5.41) is 11.6. The number of amides is 2. The van der Waals surface area contributed by atoms with Crippen molar-refractivity contribution in [2.75, 3.05) is 43.0 Å². The van der Waals surface area contributed by atoms with Gasteiger partial charge in [0, 0.05) is 86.7 Å². The molecule has 0 saturated carbocycles. The number of anilines is 2. The number of carbonyl (C=O) groups excluding carboxylic acids is 2. The standard InChI is InChI=1S/C30H31FN8O3/c1-5-21-15-39(11-17(2)33-21)26-7-6-23(29(41)34-22-8-20-14-37(4)36-27(20)25(31)9-22)28-24(26)10-32-30(35-28)42-16-19-12-38(13-19)18(3)40/h1,6-10,14,17,19,21,33H,11-13,15-16H2,2-4H3,(H,34,41)/t17-,21-/m0/s1. The van der Waals surface area contributed by atoms with E-state index in [4.69, 9.17) is 11.2 Å². The molecule has 4 heterocycles. The van der Waals surface area contributed by atoms with Gasteiger partial charge in [0.25, 0.3) is 5.91 Å². The van der Waals surface area contributed by atoms with Crippen LogP contribution in [-0.4, -0.2) is 81.3 Å². The number of hydrogen-bond acceptors (Lipinski definition) is 8. The van der Waals surface area contributed by atoms with Gasteiger partial charge in [-0.2, -0.15) is 10.1 Å². The zero-order chi connectivity index (χ0) is 29.5. The van der Waals surface area contributed by atoms with Crippen LogP contribution in [0.5, 0.6) is 6.01 Å². The topological polar surface area (TPSA) is 118 Å². The second-order valence-corrected chi connectivity index (χ2v) is 11.0. The molecule has 11 nitrogen and oxygen atoms in total. The molecule has 0 unspecified atom stereocenters. The second kappa shape index (κ2) is 10.9. The van der Waals surface area contributed by atoms with Crippen molar-refractivity contribution in [3.8, 4) is 18.4 Å². The van der Waals surface area contributed by atoms with Gasteiger partial charge in [-0.05, 0) is 31.2 Å². The third kappa shape index (κ3) is 5.31. The van der Waals surface area contributed by atoms with Crippen LogP contribution in [0.25, 0.3) is 21.8 Å². The smallest absolute Gasteiger partial charge is 0.316 e. The Hall–Kier alpha value is -4.76. The van der Waals surface area contributed by atoms with E-state index in [-0.39, 0.29) is 41.0 Å². The zero-order valence-corrected chi connectivity index (χ0v) is 23.6. The summed E-state index contributed by atoms with van der Waals surface area (Å²) in [6, 6.07) is 6.64. The Bertz CT molecular complexity index is 1740. The SMILES string of the molecule is C#C[C@H]1CN(c2ccc(C(=O)Nc3cc(F)c4nn(C)cc4c3)c3nc(OCC4CN(C(C)=O)C4)ncc23)C[C@H](C)N1. The van der Waals surface area contributed by atoms with Gasteiger partial charge >= 0.3 is 6.01 Å². The third-order valence-electron chi connectivity index (χ3n) is 7.66. The van der Waals surface area contributed by atoms with Gasteiger partial charge in [0.2, 0.25) is 5.91 Å². The number of piperazine rings is 1. The molecule has 0 spiro atoms. The van der Waals surface area contributed by atoms with E-state index in [9.17, 15) is 14.0 Å². The number of rotatable bonds is 6. The molecular formula is C30H31FN8O3. The molecule has 216 valence electrons. The molecule has 0 radical (unpaired) electrons. The van der Waals surface area contributed by atoms with Crippen molar-refractivity contribution < 1.29 is 18.7 Å². The Morgan fingerprint density at radius 2 is 2.02 bits per heavy atom. The number of carbonyl (C=O) groups is 2. The van der Waals surface area contributed by atoms with E-state index in [1.807, 2.05) is 6.07 Å². The Morgan fingerprint density at radius 1 is 1.21 bits per heavy atom. The van der Waals surface area contributed by atoms with E-state index in [0.717, 1.165) is 5.69 Å². The molecule has 2 aliphatic rings. The molecule has 2 amide bonds. The number of hydrogen-bond donors (Lipinski definition) is 2. The van der Waals surface area contributed by atoms with Gasteiger partial charge in [-0.15, -0.1) is 6.42 Å². The molecule has 2 saturated heterocycles. The third-order valence-corrected chi connectivity index (χ3v) is 7.66. The minimum Gasteiger partial charge on any atom is -0.463 e. The summed E-state index contributed by atoms with van der Waals surface area (Å²) in [7, 11) is 1.71. The van der Waals surface area contributed by atoms with Crippen molar-refractivity contribution in [1.29, 1.82) is 0 Å². The van der Waals surface area contributed by atoms with Gasteiger partial charge in [-0.3, -0.25) is 19.6 Å². The highest BCUT2D eigenvalue weighted by Gasteiger charge is 2.30. The fraction of sp³-hybridized carbons (Fsp3) is 0.367. The number of nitrogens with one attached hydrogen (secondary N) is 2. The lowest BCUT2D eigenvalue weighted by atomic mass is 10.0. The van der Waals surface area contributed by atoms with Crippen LogP contribution in [0.3, 0.4) is 0 Å². The van der Waals surface area contributed by atoms with E-state index in [0.29, 0.717) is 54.8 Å². The fourth-order valence-electron chi connectivity index (χ4n) is 5.60. The van der Waals surface area contributed by atoms with Gasteiger partial charge in [-0.25, -0.2) is 9.37 Å². The lowest BCUT2D eigenvalue weighted by molar-refractivity contribution is -0.135. The first-order valence-corrected chi connectivity index (χ1v) is 13.8. The number of fused-ring (bicyclic) bond motifs is 2. The van der Waals surface area contributed by atoms with Gasteiger partial charge in [-0.1, -0.05) is 5.92 Å². The van der Waals surface area contributed by atoms with Crippen molar-refractivity contribution in [3.63, 3.8) is 0 Å². The van der Waals surface area contributed by atoms with Crippen LogP contribution in [0.1, 0.15) is 24.2 Å². The monoisotopic (exact) mass is 570 g/mol. The molecule has 2 fully saturated rings. The van der Waals surface area contributed by atoms with Gasteiger partial charge in [0.05, 0.1) is 23.7 Å². The van der Waals surface area contributed by atoms with E-state index in [1.54, 1.807) is 43.4 Å². The highest BCUT2D eigenvalue weighted by atomic mass is 19.1. The van der Waals surface area contributed by atoms with Crippen LogP contribution < -0.4 is 20.3 Å². The molecule has 2 aliphatic heterocycles. The number of aromatic nitrogens is 4. The molecule has 0 bridgehead atoms. The summed E-state index contributed by atoms with van der Waals surface area (Å²) < 4.78 is 22.1. The van der Waals surface area contributed by atoms with Gasteiger partial charge in [0.15, 0.2) is 5.82 Å². The Morgan fingerprint density at radius 3 is 2.79 bits per heavy atom. The van der Waals surface area contributed by atoms with Crippen LogP contribution in [-0.2, 0) is 11.8 Å². The van der Waals surface area contributed by atoms with E-state index in [1.165, 1.54) is 10.7 Å². The minimum atomic E-state index is -0.531. The van der Waals surface area contributed by atoms with Crippen LogP contribution >= 0.6 is 0 Å². The number of likely N-dealkylation sites (tertiary alicyclic amines) is 1. The number of nitrogens with zero attached hydrogens (tertiary/aromatic N) is 6. The average Bonchev–Trinajstić information content (AvgIpc) is 3.31. The predicted molar refractivity (Wildman–Crippen MR) is 157 cm³/mol. The van der Waals surface area contributed by atoms with Crippen LogP contribution in [0.2, 0.25) is 0 Å². The maximum atomic E-state index is 14.7. The summed E-state index contributed by atoms with van der Waals surface area (Å²) in [6.45, 7) is 6.48. The highest BCUT2D eigenvalue weighted by molar-refractivity contribution is 6.14. The molecule has 4 aromatic rings. The van der Waals surface area contributed by atoms with Crippen molar-refractivity contribution >= 4 is 45.0 Å². The molecule has 12 heteroatoms. The zero-order valence-electron chi connectivity index (χ0n) is 23.6. The van der Waals surface area contributed by atoms with Crippen LogP contribution in [0.15, 0.2) is 36.7 Å². The molecule has 2 aromatic heterocycles. The number of terminal acetylenes is 1. The fourth-order valence-corrected chi connectivity index (χ4v) is 5.60. The Balaban J connectivity index is 1.33. The van der Waals surface area contributed by atoms with E-state index >= 15 is 0 Å². The molecule has 42 heavy (non-hydrogen) atoms. The van der Waals surface area contributed by atoms with Gasteiger partial charge in [0.1, 0.15) is 5.52 Å². The number of halogens is 1. The Labute approximate surface area is 242 Å². The van der Waals surface area contributed by atoms with Gasteiger partial charge < -0.3 is 19.9 Å². The second-order valence-electron chi connectivity index (χ2n) is 11.0. The molecule has 2 N–H and O–H groups in total. The van der Waals surface area contributed by atoms with Crippen molar-refractivity contribution in [1.82, 2.24) is 30.0 Å². The van der Waals surface area contributed by atoms with Crippen molar-refractivity contribution in [2.24, 2.45) is 13.0 Å². The maximum absolute atomic E-state index is 14.7. The first-order valence-electron chi connectivity index (χ1n) is 13.8. The largest absolute Gasteiger partial charge is 0.463 e. The van der Waals surface area contributed by atoms with Crippen molar-refractivity contribution in [3.05, 3.63) is 48.0 Å². The number of ether oxygens (including phenoxy) is 1. The average molecular weight is 571 g/mol. The molecule has 0 aliphatic carbocycles. The lowest BCUT2D eigenvalue weighted by Crippen LogP contribution is -2.55. The van der Waals surface area contributed by atoms with Crippen LogP contribution in [0.4, 0.5) is 15.8 Å². The summed E-state index contributed by atoms with van der Waals surface area (Å²) in [5.41, 5.74) is 2.07.